The number of aliphatic carboxylic acids is 1. The molecular weight excluding hydrogens is 1100 g/mol. The zero-order chi connectivity index (χ0) is 64.7. The summed E-state index contributed by atoms with van der Waals surface area (Å²) in [7, 11) is 5.96. The van der Waals surface area contributed by atoms with Crippen molar-refractivity contribution in [2.75, 3.05) is 47.5 Å². The number of rotatable bonds is 76. The summed E-state index contributed by atoms with van der Waals surface area (Å²) < 4.78 is 22.9. The number of carbonyl (C=O) groups is 3. The minimum absolute atomic E-state index is 0.153. The van der Waals surface area contributed by atoms with Gasteiger partial charge >= 0.3 is 11.9 Å². The Morgan fingerprint density at radius 1 is 0.326 bits per heavy atom. The number of esters is 2. The maximum Gasteiger partial charge on any atom is 0.306 e. The van der Waals surface area contributed by atoms with Gasteiger partial charge in [0.25, 0.3) is 0 Å². The zero-order valence-corrected chi connectivity index (χ0v) is 60.6. The Hall–Kier alpha value is -1.97. The van der Waals surface area contributed by atoms with Gasteiger partial charge < -0.3 is 33.3 Å². The summed E-state index contributed by atoms with van der Waals surface area (Å²) in [6.45, 7) is 4.85. The highest BCUT2D eigenvalue weighted by molar-refractivity contribution is 5.70. The lowest BCUT2D eigenvalue weighted by molar-refractivity contribution is -0.870. The summed E-state index contributed by atoms with van der Waals surface area (Å²) in [4.78, 5) is 37.6. The summed E-state index contributed by atoms with van der Waals surface area (Å²) >= 11 is 0. The molecule has 0 saturated heterocycles. The molecule has 0 aromatic rings. The van der Waals surface area contributed by atoms with Crippen molar-refractivity contribution in [2.45, 2.75) is 437 Å². The molecule has 0 fully saturated rings. The van der Waals surface area contributed by atoms with Crippen molar-refractivity contribution in [3.63, 3.8) is 0 Å². The average molecular weight is 1260 g/mol. The highest BCUT2D eigenvalue weighted by Gasteiger charge is 2.22. The Balaban J connectivity index is 3.95. The van der Waals surface area contributed by atoms with E-state index in [0.717, 1.165) is 38.5 Å². The van der Waals surface area contributed by atoms with E-state index in [0.29, 0.717) is 17.4 Å². The molecule has 0 aromatic carbocycles. The minimum Gasteiger partial charge on any atom is -0.545 e. The van der Waals surface area contributed by atoms with Crippen LogP contribution in [-0.4, -0.2) is 82.3 Å². The van der Waals surface area contributed by atoms with Crippen LogP contribution in [0.2, 0.25) is 0 Å². The van der Waals surface area contributed by atoms with Crippen LogP contribution in [0.15, 0.2) is 12.2 Å². The van der Waals surface area contributed by atoms with E-state index < -0.39 is 24.3 Å². The molecule has 0 radical (unpaired) electrons. The number of carboxylic acids is 1. The van der Waals surface area contributed by atoms with Crippen molar-refractivity contribution < 1.29 is 42.9 Å². The van der Waals surface area contributed by atoms with Crippen molar-refractivity contribution in [3.05, 3.63) is 12.2 Å². The van der Waals surface area contributed by atoms with Gasteiger partial charge in [0.2, 0.25) is 0 Å². The van der Waals surface area contributed by atoms with Crippen molar-refractivity contribution >= 4 is 17.9 Å². The summed E-state index contributed by atoms with van der Waals surface area (Å²) in [5.74, 6) is -2.24. The first kappa shape index (κ1) is 87.0. The van der Waals surface area contributed by atoms with E-state index in [4.69, 9.17) is 18.9 Å². The maximum atomic E-state index is 13.0. The number of carbonyl (C=O) groups excluding carboxylic acids is 3. The molecule has 0 aliphatic heterocycles. The van der Waals surface area contributed by atoms with Crippen LogP contribution >= 0.6 is 0 Å². The first-order valence-corrected chi connectivity index (χ1v) is 39.8. The normalized spacial score (nSPS) is 12.6. The third kappa shape index (κ3) is 73.3. The van der Waals surface area contributed by atoms with Gasteiger partial charge in [-0.3, -0.25) is 9.59 Å². The van der Waals surface area contributed by atoms with Crippen molar-refractivity contribution in [1.82, 2.24) is 0 Å². The van der Waals surface area contributed by atoms with Gasteiger partial charge in [-0.05, 0) is 38.5 Å². The van der Waals surface area contributed by atoms with Gasteiger partial charge in [-0.2, -0.15) is 0 Å². The summed E-state index contributed by atoms with van der Waals surface area (Å²) in [6.07, 6.45) is 86.3. The van der Waals surface area contributed by atoms with E-state index in [1.165, 1.54) is 360 Å². The maximum absolute atomic E-state index is 13.0. The SMILES string of the molecule is CCCCCCCCCC/C=C\CCCCCCCCCCCCCCCCCCCCCCCCCCCC(=O)OC(COC(=O)CCCCCCCCCCCCCCCCCCCCCCCCCCCCC)COC(OCC[N+](C)(C)C)C(=O)[O-]. The lowest BCUT2D eigenvalue weighted by atomic mass is 10.0. The number of unbranched alkanes of at least 4 members (excludes halogenated alkanes) is 59. The lowest BCUT2D eigenvalue weighted by Crippen LogP contribution is -2.44. The molecule has 2 unspecified atom stereocenters. The van der Waals surface area contributed by atoms with Gasteiger partial charge in [-0.1, -0.05) is 386 Å². The van der Waals surface area contributed by atoms with Gasteiger partial charge in [-0.15, -0.1) is 0 Å². The topological polar surface area (TPSA) is 111 Å². The first-order chi connectivity index (χ1) is 43.6. The van der Waals surface area contributed by atoms with Crippen LogP contribution in [0, 0.1) is 0 Å². The molecule has 2 atom stereocenters. The molecule has 528 valence electrons. The Morgan fingerprint density at radius 2 is 0.573 bits per heavy atom. The molecule has 0 aliphatic rings. The van der Waals surface area contributed by atoms with Crippen molar-refractivity contribution in [2.24, 2.45) is 0 Å². The van der Waals surface area contributed by atoms with Gasteiger partial charge in [0.1, 0.15) is 13.2 Å². The van der Waals surface area contributed by atoms with Crippen LogP contribution in [-0.2, 0) is 33.3 Å². The van der Waals surface area contributed by atoms with Gasteiger partial charge in [0.15, 0.2) is 12.4 Å². The fraction of sp³-hybridized carbons (Fsp3) is 0.938. The Bertz CT molecular complexity index is 1460. The van der Waals surface area contributed by atoms with Crippen LogP contribution < -0.4 is 5.11 Å². The summed E-state index contributed by atoms with van der Waals surface area (Å²) in [5, 5.41) is 11.8. The van der Waals surface area contributed by atoms with Crippen LogP contribution in [0.4, 0.5) is 0 Å². The number of allylic oxidation sites excluding steroid dienone is 2. The summed E-state index contributed by atoms with van der Waals surface area (Å²) in [5.41, 5.74) is 0. The number of quaternary nitrogens is 1. The van der Waals surface area contributed by atoms with Gasteiger partial charge in [-0.25, -0.2) is 0 Å². The average Bonchev–Trinajstić information content (AvgIpc) is 3.70. The van der Waals surface area contributed by atoms with E-state index in [9.17, 15) is 19.5 Å². The molecule has 0 saturated carbocycles. The van der Waals surface area contributed by atoms with Crippen LogP contribution in [0.5, 0.6) is 0 Å². The molecule has 0 aromatic heterocycles. The molecule has 0 amide bonds. The zero-order valence-electron chi connectivity index (χ0n) is 60.6. The standard InChI is InChI=1S/C80H155NO8/c1-6-8-10-12-14-16-18-20-22-24-26-28-30-32-34-35-36-37-38-39-40-41-42-43-45-47-49-51-53-55-57-59-61-63-65-67-69-71-78(83)89-76(75-88-80(79(84)85)86-73-72-81(3,4)5)74-87-77(82)70-68-66-64-62-60-58-56-54-52-50-48-46-44-33-31-29-27-25-23-21-19-17-15-13-11-9-7-2/h24,26,76,80H,6-23,25,27-75H2,1-5H3/b26-24-. The van der Waals surface area contributed by atoms with Crippen LogP contribution in [0.25, 0.3) is 0 Å². The van der Waals surface area contributed by atoms with Crippen LogP contribution in [0.1, 0.15) is 425 Å². The molecule has 0 heterocycles. The van der Waals surface area contributed by atoms with E-state index >= 15 is 0 Å². The van der Waals surface area contributed by atoms with Crippen molar-refractivity contribution in [1.29, 1.82) is 0 Å². The van der Waals surface area contributed by atoms with Gasteiger partial charge in [0, 0.05) is 12.8 Å². The van der Waals surface area contributed by atoms with Crippen LogP contribution in [0.3, 0.4) is 0 Å². The van der Waals surface area contributed by atoms with E-state index in [2.05, 4.69) is 26.0 Å². The number of ether oxygens (including phenoxy) is 4. The monoisotopic (exact) mass is 1260 g/mol. The highest BCUT2D eigenvalue weighted by Crippen LogP contribution is 2.20. The lowest BCUT2D eigenvalue weighted by Gasteiger charge is -2.26. The Kier molecular flexibility index (Phi) is 70.3. The van der Waals surface area contributed by atoms with Gasteiger partial charge in [0.05, 0.1) is 40.3 Å². The fourth-order valence-corrected chi connectivity index (χ4v) is 12.4. The van der Waals surface area contributed by atoms with Crippen molar-refractivity contribution in [3.8, 4) is 0 Å². The predicted octanol–water partition coefficient (Wildman–Crippen LogP) is 23.8. The molecule has 89 heavy (non-hydrogen) atoms. The van der Waals surface area contributed by atoms with E-state index in [1.54, 1.807) is 0 Å². The quantitative estimate of drug-likeness (QED) is 0.0195. The number of likely N-dealkylation sites (N-methyl/N-ethyl adjacent to an activating group) is 1. The molecule has 0 bridgehead atoms. The Morgan fingerprint density at radius 3 is 0.831 bits per heavy atom. The smallest absolute Gasteiger partial charge is 0.306 e. The minimum atomic E-state index is -1.62. The second-order valence-corrected chi connectivity index (χ2v) is 28.7. The number of carboxylic acid groups (broad SMARTS) is 1. The second-order valence-electron chi connectivity index (χ2n) is 28.7. The molecule has 0 aliphatic carbocycles. The third-order valence-corrected chi connectivity index (χ3v) is 18.5. The highest BCUT2D eigenvalue weighted by atomic mass is 16.7. The molecule has 9 nitrogen and oxygen atoms in total. The summed E-state index contributed by atoms with van der Waals surface area (Å²) in [6, 6.07) is 0. The number of hydrogen-bond donors (Lipinski definition) is 0. The molecule has 9 heteroatoms. The number of nitrogens with zero attached hydrogens (tertiary/aromatic N) is 1. The number of hydrogen-bond acceptors (Lipinski definition) is 8. The molecule has 0 spiro atoms. The van der Waals surface area contributed by atoms with E-state index in [1.807, 2.05) is 21.1 Å². The molecule has 0 N–H and O–H groups in total. The molecule has 0 rings (SSSR count). The third-order valence-electron chi connectivity index (χ3n) is 18.5. The fourth-order valence-electron chi connectivity index (χ4n) is 12.4. The van der Waals surface area contributed by atoms with E-state index in [-0.39, 0.29) is 32.2 Å². The second kappa shape index (κ2) is 71.9. The molecular formula is C80H155NO8. The Labute approximate surface area is 555 Å². The largest absolute Gasteiger partial charge is 0.545 e. The first-order valence-electron chi connectivity index (χ1n) is 39.8. The predicted molar refractivity (Wildman–Crippen MR) is 380 cm³/mol.